The molecule has 0 radical (unpaired) electrons. The molecule has 0 aromatic carbocycles. The summed E-state index contributed by atoms with van der Waals surface area (Å²) in [4.78, 5) is 13.2. The van der Waals surface area contributed by atoms with E-state index in [9.17, 15) is 45.6 Å². The standard InChI is InChI=1S/C53H89NO13/c1-3-5-7-9-11-13-15-17-19-20-21-22-23-25-27-29-31-33-35-37-45(58)54-41(42(57)36-34-32-30-28-26-24-18-16-14-12-10-8-6-4-2)40-64-52-50(63)48(61)51(44(39-56)66-52)67-53-49(62)47(60)46(59)43(38-55)65-53/h5,7,11,13,17,19,21-22,25-28,34,36,41-44,46-53,55-57,59-63H,3-4,6,8-10,12,14-16,18,20,23-24,29-33,35,37-40H2,1-2H3,(H,54,58)/b7-5-,13-11-,19-17-,22-21-,27-25-,28-26+,36-34+. The van der Waals surface area contributed by atoms with Crippen molar-refractivity contribution >= 4 is 5.91 Å². The summed E-state index contributed by atoms with van der Waals surface area (Å²) in [6, 6.07) is -0.953. The van der Waals surface area contributed by atoms with Gasteiger partial charge in [0.05, 0.1) is 32.0 Å². The van der Waals surface area contributed by atoms with Gasteiger partial charge in [0.1, 0.15) is 48.8 Å². The van der Waals surface area contributed by atoms with Crippen molar-refractivity contribution in [1.82, 2.24) is 5.32 Å². The molecule has 12 atom stereocenters. The molecule has 2 fully saturated rings. The number of hydrogen-bond donors (Lipinski definition) is 9. The Morgan fingerprint density at radius 1 is 0.552 bits per heavy atom. The van der Waals surface area contributed by atoms with Crippen LogP contribution in [-0.4, -0.2) is 140 Å². The highest BCUT2D eigenvalue weighted by Crippen LogP contribution is 2.30. The van der Waals surface area contributed by atoms with Crippen LogP contribution in [0.1, 0.15) is 149 Å². The molecule has 0 aromatic rings. The molecule has 0 aliphatic carbocycles. The van der Waals surface area contributed by atoms with Crippen LogP contribution in [0.3, 0.4) is 0 Å². The highest BCUT2D eigenvalue weighted by Gasteiger charge is 2.51. The molecule has 0 saturated carbocycles. The lowest BCUT2D eigenvalue weighted by atomic mass is 9.97. The Bertz CT molecular complexity index is 1450. The average molecular weight is 948 g/mol. The van der Waals surface area contributed by atoms with E-state index in [1.165, 1.54) is 51.4 Å². The van der Waals surface area contributed by atoms with Crippen LogP contribution in [0.4, 0.5) is 0 Å². The lowest BCUT2D eigenvalue weighted by molar-refractivity contribution is -0.359. The van der Waals surface area contributed by atoms with Gasteiger partial charge in [-0.15, -0.1) is 0 Å². The first kappa shape index (κ1) is 60.3. The maximum Gasteiger partial charge on any atom is 0.220 e. The molecule has 67 heavy (non-hydrogen) atoms. The molecule has 12 unspecified atom stereocenters. The Labute approximate surface area is 401 Å². The smallest absolute Gasteiger partial charge is 0.220 e. The fourth-order valence-corrected chi connectivity index (χ4v) is 7.68. The summed E-state index contributed by atoms with van der Waals surface area (Å²) < 4.78 is 22.6. The van der Waals surface area contributed by atoms with Crippen molar-refractivity contribution in [3.63, 3.8) is 0 Å². The summed E-state index contributed by atoms with van der Waals surface area (Å²) in [5.74, 6) is -0.286. The fraction of sp³-hybridized carbons (Fsp3) is 0.717. The van der Waals surface area contributed by atoms with Crippen LogP contribution in [0.5, 0.6) is 0 Å². The molecule has 0 spiro atoms. The van der Waals surface area contributed by atoms with E-state index in [0.29, 0.717) is 12.8 Å². The highest BCUT2D eigenvalue weighted by molar-refractivity contribution is 5.76. The van der Waals surface area contributed by atoms with E-state index >= 15 is 0 Å². The predicted octanol–water partition coefficient (Wildman–Crippen LogP) is 6.60. The van der Waals surface area contributed by atoms with Gasteiger partial charge in [0, 0.05) is 6.42 Å². The molecule has 0 bridgehead atoms. The number of ether oxygens (including phenoxy) is 4. The van der Waals surface area contributed by atoms with Gasteiger partial charge < -0.3 is 65.1 Å². The Kier molecular flexibility index (Phi) is 35.1. The highest BCUT2D eigenvalue weighted by atomic mass is 16.7. The average Bonchev–Trinajstić information content (AvgIpc) is 3.32. The molecule has 14 heteroatoms. The van der Waals surface area contributed by atoms with Crippen LogP contribution in [0.25, 0.3) is 0 Å². The Morgan fingerprint density at radius 2 is 1.04 bits per heavy atom. The minimum absolute atomic E-state index is 0.229. The summed E-state index contributed by atoms with van der Waals surface area (Å²) in [6.45, 7) is 2.59. The second-order valence-electron chi connectivity index (χ2n) is 17.6. The Balaban J connectivity index is 1.88. The molecule has 1 amide bonds. The number of hydrogen-bond acceptors (Lipinski definition) is 13. The summed E-state index contributed by atoms with van der Waals surface area (Å²) in [6.07, 6.45) is 33.3. The number of aliphatic hydroxyl groups excluding tert-OH is 8. The Hall–Kier alpha value is -2.83. The van der Waals surface area contributed by atoms with Gasteiger partial charge in [-0.3, -0.25) is 4.79 Å². The minimum Gasteiger partial charge on any atom is -0.394 e. The predicted molar refractivity (Wildman–Crippen MR) is 263 cm³/mol. The molecule has 2 rings (SSSR count). The van der Waals surface area contributed by atoms with Crippen molar-refractivity contribution < 1.29 is 64.6 Å². The molecule has 2 aliphatic heterocycles. The number of unbranched alkanes of at least 4 members (excludes halogenated alkanes) is 12. The van der Waals surface area contributed by atoms with E-state index in [1.807, 2.05) is 6.08 Å². The lowest BCUT2D eigenvalue weighted by Gasteiger charge is -2.46. The minimum atomic E-state index is -1.80. The van der Waals surface area contributed by atoms with Crippen LogP contribution < -0.4 is 5.32 Å². The van der Waals surface area contributed by atoms with Gasteiger partial charge in [0.25, 0.3) is 0 Å². The molecule has 14 nitrogen and oxygen atoms in total. The van der Waals surface area contributed by atoms with Crippen LogP contribution in [0.2, 0.25) is 0 Å². The zero-order valence-corrected chi connectivity index (χ0v) is 40.6. The molecule has 9 N–H and O–H groups in total. The van der Waals surface area contributed by atoms with Crippen LogP contribution in [0.15, 0.2) is 85.1 Å². The first-order chi connectivity index (χ1) is 32.6. The second kappa shape index (κ2) is 39.0. The number of allylic oxidation sites excluding steroid dienone is 13. The first-order valence-corrected chi connectivity index (χ1v) is 25.3. The van der Waals surface area contributed by atoms with Crippen LogP contribution in [-0.2, 0) is 23.7 Å². The van der Waals surface area contributed by atoms with Crippen molar-refractivity contribution in [2.75, 3.05) is 19.8 Å². The third kappa shape index (κ3) is 26.1. The Morgan fingerprint density at radius 3 is 1.64 bits per heavy atom. The van der Waals surface area contributed by atoms with Gasteiger partial charge in [-0.05, 0) is 77.0 Å². The quantitative estimate of drug-likeness (QED) is 0.0237. The maximum absolute atomic E-state index is 13.2. The molecular weight excluding hydrogens is 859 g/mol. The van der Waals surface area contributed by atoms with Crippen molar-refractivity contribution in [1.29, 1.82) is 0 Å². The molecule has 2 saturated heterocycles. The number of carbonyl (C=O) groups excluding carboxylic acids is 1. The first-order valence-electron chi connectivity index (χ1n) is 25.3. The zero-order chi connectivity index (χ0) is 48.9. The van der Waals surface area contributed by atoms with Gasteiger partial charge in [-0.2, -0.15) is 0 Å². The fourth-order valence-electron chi connectivity index (χ4n) is 7.68. The molecule has 384 valence electrons. The largest absolute Gasteiger partial charge is 0.394 e. The summed E-state index contributed by atoms with van der Waals surface area (Å²) >= 11 is 0. The monoisotopic (exact) mass is 948 g/mol. The van der Waals surface area contributed by atoms with Gasteiger partial charge in [0.15, 0.2) is 12.6 Å². The van der Waals surface area contributed by atoms with Crippen molar-refractivity contribution in [2.24, 2.45) is 0 Å². The molecule has 2 aliphatic rings. The summed E-state index contributed by atoms with van der Waals surface area (Å²) in [7, 11) is 0. The number of nitrogens with one attached hydrogen (secondary N) is 1. The van der Waals surface area contributed by atoms with Gasteiger partial charge >= 0.3 is 0 Å². The van der Waals surface area contributed by atoms with E-state index in [1.54, 1.807) is 6.08 Å². The van der Waals surface area contributed by atoms with E-state index in [4.69, 9.17) is 18.9 Å². The number of rotatable bonds is 37. The number of carbonyl (C=O) groups is 1. The number of amides is 1. The summed E-state index contributed by atoms with van der Waals surface area (Å²) in [5, 5.41) is 86.7. The van der Waals surface area contributed by atoms with Crippen molar-refractivity contribution in [3.05, 3.63) is 85.1 Å². The van der Waals surface area contributed by atoms with E-state index < -0.39 is 86.8 Å². The third-order valence-corrected chi connectivity index (χ3v) is 11.8. The number of aliphatic hydroxyl groups is 8. The SMILES string of the molecule is CC/C=C\C/C=C\C/C=C\C/C=C\C/C=C\CCCCCC(=O)NC(COC1OC(CO)C(OC2OC(CO)C(O)C(O)C2O)C(O)C1O)C(O)/C=C/CC/C=C/CCCCCCCCCC. The van der Waals surface area contributed by atoms with Gasteiger partial charge in [-0.25, -0.2) is 0 Å². The van der Waals surface area contributed by atoms with Crippen LogP contribution >= 0.6 is 0 Å². The zero-order valence-electron chi connectivity index (χ0n) is 40.6. The molecule has 2 heterocycles. The maximum atomic E-state index is 13.2. The van der Waals surface area contributed by atoms with Crippen molar-refractivity contribution in [2.45, 2.75) is 222 Å². The topological polar surface area (TPSA) is 228 Å². The van der Waals surface area contributed by atoms with E-state index in [2.05, 4.69) is 92.1 Å². The second-order valence-corrected chi connectivity index (χ2v) is 17.6. The van der Waals surface area contributed by atoms with E-state index in [-0.39, 0.29) is 18.9 Å². The molecular formula is C53H89NO13. The van der Waals surface area contributed by atoms with Crippen molar-refractivity contribution in [3.8, 4) is 0 Å². The molecule has 0 aromatic heterocycles. The third-order valence-electron chi connectivity index (χ3n) is 11.8. The van der Waals surface area contributed by atoms with Crippen LogP contribution in [0, 0.1) is 0 Å². The lowest BCUT2D eigenvalue weighted by Crippen LogP contribution is -2.65. The van der Waals surface area contributed by atoms with Gasteiger partial charge in [0.2, 0.25) is 5.91 Å². The van der Waals surface area contributed by atoms with Gasteiger partial charge in [-0.1, -0.05) is 150 Å². The summed E-state index contributed by atoms with van der Waals surface area (Å²) in [5.41, 5.74) is 0. The van der Waals surface area contributed by atoms with E-state index in [0.717, 1.165) is 64.2 Å². The normalized spacial score (nSPS) is 27.3.